The molecule has 5 heterocycles. The maximum absolute atomic E-state index is 5.23. The molecule has 0 aliphatic carbocycles. The van der Waals surface area contributed by atoms with E-state index in [-0.39, 0.29) is 0 Å². The van der Waals surface area contributed by atoms with E-state index in [9.17, 15) is 0 Å². The molecule has 0 aliphatic heterocycles. The number of hydrogen-bond acceptors (Lipinski definition) is 4. The Kier molecular flexibility index (Phi) is 13.9. The SMILES string of the molecule is Cc1ccc(-c2nc3c4ccccc4c4ccccc4c3n2-c2ccccc2)cc1.Cc1nc2c3ccccc3c3ccccc3c2n1-c1ccccc1.Cn1c(-c2ccccc2)nc2c3ccccc3c3ccccc3c21.Cn1c2ccccc2c2ncccc21. The second kappa shape index (κ2) is 23.2. The lowest BCUT2D eigenvalue weighted by atomic mass is 10.00. The first-order valence-corrected chi connectivity index (χ1v) is 31.3. The molecular weight excluding hydrogens is 1120 g/mol. The topological polar surface area (TPSA) is 71.3 Å². The molecule has 0 amide bonds. The molecule has 19 rings (SSSR count). The Labute approximate surface area is 531 Å². The van der Waals surface area contributed by atoms with Crippen molar-refractivity contribution in [1.29, 1.82) is 0 Å². The molecule has 0 spiro atoms. The van der Waals surface area contributed by atoms with E-state index in [1.54, 1.807) is 0 Å². The smallest absolute Gasteiger partial charge is 0.145 e. The Bertz CT molecular complexity index is 5880. The zero-order valence-electron chi connectivity index (χ0n) is 51.4. The van der Waals surface area contributed by atoms with Gasteiger partial charge in [0.15, 0.2) is 0 Å². The van der Waals surface area contributed by atoms with Crippen molar-refractivity contribution in [1.82, 2.24) is 38.2 Å². The molecule has 14 aromatic carbocycles. The van der Waals surface area contributed by atoms with E-state index in [2.05, 4.69) is 330 Å². The predicted octanol–water partition coefficient (Wildman–Crippen LogP) is 21.2. The summed E-state index contributed by atoms with van der Waals surface area (Å²) >= 11 is 0. The van der Waals surface area contributed by atoms with Gasteiger partial charge in [-0.15, -0.1) is 0 Å². The fourth-order valence-electron chi connectivity index (χ4n) is 13.8. The number of pyridine rings is 1. The van der Waals surface area contributed by atoms with Crippen LogP contribution in [0.2, 0.25) is 0 Å². The number of rotatable bonds is 4. The first-order valence-electron chi connectivity index (χ1n) is 31.3. The van der Waals surface area contributed by atoms with Gasteiger partial charge in [-0.05, 0) is 88.6 Å². The lowest BCUT2D eigenvalue weighted by molar-refractivity contribution is 0.962. The van der Waals surface area contributed by atoms with Gasteiger partial charge >= 0.3 is 0 Å². The van der Waals surface area contributed by atoms with Gasteiger partial charge in [-0.1, -0.05) is 260 Å². The summed E-state index contributed by atoms with van der Waals surface area (Å²) in [5.41, 5.74) is 16.0. The molecule has 0 atom stereocenters. The highest BCUT2D eigenvalue weighted by Crippen LogP contribution is 2.41. The van der Waals surface area contributed by atoms with Crippen LogP contribution in [-0.4, -0.2) is 38.2 Å². The Hall–Kier alpha value is -12.0. The monoisotopic (exact) mass is 1180 g/mol. The lowest BCUT2D eigenvalue weighted by Crippen LogP contribution is -1.98. The van der Waals surface area contributed by atoms with E-state index >= 15 is 0 Å². The first-order chi connectivity index (χ1) is 45.4. The van der Waals surface area contributed by atoms with Crippen LogP contribution in [0.5, 0.6) is 0 Å². The molecule has 0 unspecified atom stereocenters. The zero-order valence-corrected chi connectivity index (χ0v) is 51.4. The number of imidazole rings is 3. The molecular formula is C84H62N8. The van der Waals surface area contributed by atoms with Gasteiger partial charge in [0, 0.05) is 80.5 Å². The number of fused-ring (bicyclic) bond motifs is 21. The zero-order chi connectivity index (χ0) is 61.8. The second-order valence-electron chi connectivity index (χ2n) is 23.5. The third-order valence-electron chi connectivity index (χ3n) is 18.0. The normalized spacial score (nSPS) is 11.5. The molecule has 5 aromatic heterocycles. The number of aromatic nitrogens is 8. The van der Waals surface area contributed by atoms with E-state index < -0.39 is 0 Å². The highest BCUT2D eigenvalue weighted by molar-refractivity contribution is 6.26. The molecule has 92 heavy (non-hydrogen) atoms. The number of benzene rings is 14. The Balaban J connectivity index is 0.000000100. The van der Waals surface area contributed by atoms with Crippen LogP contribution in [0.15, 0.2) is 303 Å². The minimum atomic E-state index is 0.970. The van der Waals surface area contributed by atoms with Gasteiger partial charge in [0.1, 0.15) is 17.5 Å². The van der Waals surface area contributed by atoms with Crippen molar-refractivity contribution in [2.24, 2.45) is 14.1 Å². The van der Waals surface area contributed by atoms with Gasteiger partial charge in [-0.2, -0.15) is 0 Å². The lowest BCUT2D eigenvalue weighted by Gasteiger charge is -2.12. The summed E-state index contributed by atoms with van der Waals surface area (Å²) in [5.74, 6) is 2.99. The number of nitrogens with zero attached hydrogens (tertiary/aromatic N) is 8. The second-order valence-corrected chi connectivity index (χ2v) is 23.5. The summed E-state index contributed by atoms with van der Waals surface area (Å²) in [6.45, 7) is 4.20. The summed E-state index contributed by atoms with van der Waals surface area (Å²) in [7, 11) is 4.19. The standard InChI is InChI=1S/C28H20N2.2C22H16N2.C12H10N2/c1-19-15-17-20(18-16-19)28-29-26-24-13-7-5-11-22(24)23-12-6-8-14-25(23)27(26)30(28)21-9-3-2-4-10-21;1-24-21-19-14-8-6-12-17(19)16-11-5-7-13-18(16)20(21)23-22(24)15-9-3-2-4-10-15;1-15-23-21-19-13-7-5-11-17(19)18-12-6-8-14-20(18)22(21)24(15)16-9-3-2-4-10-16;1-14-10-6-3-2-5-9(10)12-11(14)7-4-8-13-12/h2-18H,1H3;2*2-14H,1H3;2-8H,1H3. The largest absolute Gasteiger partial charge is 0.342 e. The van der Waals surface area contributed by atoms with Gasteiger partial charge < -0.3 is 9.13 Å². The summed E-state index contributed by atoms with van der Waals surface area (Å²) in [4.78, 5) is 19.6. The minimum Gasteiger partial charge on any atom is -0.342 e. The van der Waals surface area contributed by atoms with Crippen LogP contribution in [0, 0.1) is 13.8 Å². The van der Waals surface area contributed by atoms with Crippen LogP contribution in [0.3, 0.4) is 0 Å². The van der Waals surface area contributed by atoms with Crippen molar-refractivity contribution in [3.05, 3.63) is 315 Å². The van der Waals surface area contributed by atoms with Crippen LogP contribution in [0.1, 0.15) is 11.4 Å². The van der Waals surface area contributed by atoms with Crippen LogP contribution < -0.4 is 0 Å². The summed E-state index contributed by atoms with van der Waals surface area (Å²) in [5, 5.41) is 16.1. The predicted molar refractivity (Wildman–Crippen MR) is 386 cm³/mol. The molecule has 0 bridgehead atoms. The molecule has 0 N–H and O–H groups in total. The molecule has 438 valence electrons. The van der Waals surface area contributed by atoms with Gasteiger partial charge in [0.05, 0.1) is 49.7 Å². The fraction of sp³-hybridized carbons (Fsp3) is 0.0476. The van der Waals surface area contributed by atoms with Crippen molar-refractivity contribution < 1.29 is 0 Å². The van der Waals surface area contributed by atoms with Crippen molar-refractivity contribution in [2.45, 2.75) is 13.8 Å². The summed E-state index contributed by atoms with van der Waals surface area (Å²) < 4.78 is 8.98. The Morgan fingerprint density at radius 3 is 1.13 bits per heavy atom. The van der Waals surface area contributed by atoms with Crippen LogP contribution in [-0.2, 0) is 14.1 Å². The molecule has 0 radical (unpaired) electrons. The molecule has 0 saturated heterocycles. The van der Waals surface area contributed by atoms with E-state index in [0.717, 1.165) is 67.6 Å². The molecule has 19 aromatic rings. The van der Waals surface area contributed by atoms with Crippen molar-refractivity contribution in [2.75, 3.05) is 0 Å². The van der Waals surface area contributed by atoms with Crippen molar-refractivity contribution >= 4 is 120 Å². The van der Waals surface area contributed by atoms with E-state index in [0.29, 0.717) is 0 Å². The Morgan fingerprint density at radius 2 is 0.609 bits per heavy atom. The average molecular weight is 1180 g/mol. The number of aryl methyl sites for hydroxylation is 4. The van der Waals surface area contributed by atoms with E-state index in [1.165, 1.54) is 97.7 Å². The van der Waals surface area contributed by atoms with E-state index in [4.69, 9.17) is 15.0 Å². The fourth-order valence-corrected chi connectivity index (χ4v) is 13.8. The summed E-state index contributed by atoms with van der Waals surface area (Å²) in [6, 6.07) is 104. The number of hydrogen-bond donors (Lipinski definition) is 0. The highest BCUT2D eigenvalue weighted by atomic mass is 15.1. The quantitative estimate of drug-likeness (QED) is 0.165. The molecule has 0 aliphatic rings. The van der Waals surface area contributed by atoms with Crippen LogP contribution in [0.25, 0.3) is 154 Å². The van der Waals surface area contributed by atoms with Gasteiger partial charge in [0.25, 0.3) is 0 Å². The highest BCUT2D eigenvalue weighted by Gasteiger charge is 2.22. The van der Waals surface area contributed by atoms with Crippen molar-refractivity contribution in [3.8, 4) is 34.2 Å². The molecule has 0 saturated carbocycles. The van der Waals surface area contributed by atoms with Crippen LogP contribution in [0.4, 0.5) is 0 Å². The minimum absolute atomic E-state index is 0.970. The molecule has 8 heteroatoms. The Morgan fingerprint density at radius 1 is 0.250 bits per heavy atom. The maximum Gasteiger partial charge on any atom is 0.145 e. The molecule has 8 nitrogen and oxygen atoms in total. The number of para-hydroxylation sites is 3. The van der Waals surface area contributed by atoms with Crippen LogP contribution >= 0.6 is 0 Å². The van der Waals surface area contributed by atoms with Gasteiger partial charge in [-0.3, -0.25) is 14.1 Å². The third-order valence-corrected chi connectivity index (χ3v) is 18.0. The average Bonchev–Trinajstić information content (AvgIpc) is 1.51. The first kappa shape index (κ1) is 55.3. The van der Waals surface area contributed by atoms with E-state index in [1.807, 2.05) is 24.4 Å². The molecule has 0 fully saturated rings. The van der Waals surface area contributed by atoms with Crippen molar-refractivity contribution in [3.63, 3.8) is 0 Å². The maximum atomic E-state index is 5.23. The third kappa shape index (κ3) is 9.38. The summed E-state index contributed by atoms with van der Waals surface area (Å²) in [6.07, 6.45) is 1.84. The van der Waals surface area contributed by atoms with Gasteiger partial charge in [0.2, 0.25) is 0 Å². The van der Waals surface area contributed by atoms with Gasteiger partial charge in [-0.25, -0.2) is 15.0 Å².